The van der Waals surface area contributed by atoms with E-state index in [1.807, 2.05) is 36.6 Å². The van der Waals surface area contributed by atoms with Crippen molar-refractivity contribution in [2.45, 2.75) is 0 Å². The van der Waals surface area contributed by atoms with Gasteiger partial charge in [-0.3, -0.25) is 0 Å². The lowest BCUT2D eigenvalue weighted by Crippen LogP contribution is -1.87. The fourth-order valence-electron chi connectivity index (χ4n) is 1.26. The van der Waals surface area contributed by atoms with Crippen LogP contribution in [0.5, 0.6) is 5.75 Å². The summed E-state index contributed by atoms with van der Waals surface area (Å²) < 4.78 is 5.10. The van der Waals surface area contributed by atoms with Crippen LogP contribution >= 0.6 is 11.8 Å². The van der Waals surface area contributed by atoms with Gasteiger partial charge in [0, 0.05) is 4.91 Å². The minimum absolute atomic E-state index is 0.126. The fraction of sp³-hybridized carbons (Fsp3) is 0.167. The molecule has 1 aromatic rings. The first-order chi connectivity index (χ1) is 7.76. The number of rotatable bonds is 3. The largest absolute Gasteiger partial charge is 0.497 e. The molecule has 4 heteroatoms. The van der Waals surface area contributed by atoms with Gasteiger partial charge in [0.25, 0.3) is 0 Å². The topological polar surface area (TPSA) is 56.8 Å². The highest BCUT2D eigenvalue weighted by Crippen LogP contribution is 2.30. The van der Waals surface area contributed by atoms with Crippen LogP contribution in [-0.4, -0.2) is 13.4 Å². The average Bonchev–Trinajstić information content (AvgIpc) is 2.35. The van der Waals surface area contributed by atoms with E-state index in [2.05, 4.69) is 0 Å². The molecule has 0 radical (unpaired) electrons. The van der Waals surface area contributed by atoms with Crippen molar-refractivity contribution in [2.24, 2.45) is 0 Å². The first-order valence-corrected chi connectivity index (χ1v) is 5.72. The van der Waals surface area contributed by atoms with Gasteiger partial charge in [0.05, 0.1) is 7.11 Å². The number of allylic oxidation sites excluding steroid dienone is 1. The minimum Gasteiger partial charge on any atom is -0.497 e. The molecule has 0 aromatic heterocycles. The molecular formula is C12H10N2OS. The second kappa shape index (κ2) is 5.85. The number of nitrogens with zero attached hydrogens (tertiary/aromatic N) is 2. The maximum Gasteiger partial charge on any atom is 0.143 e. The molecular weight excluding hydrogens is 220 g/mol. The quantitative estimate of drug-likeness (QED) is 0.749. The summed E-state index contributed by atoms with van der Waals surface area (Å²) in [7, 11) is 1.58. The van der Waals surface area contributed by atoms with Gasteiger partial charge in [-0.2, -0.15) is 10.5 Å². The van der Waals surface area contributed by atoms with Crippen LogP contribution in [0.2, 0.25) is 0 Å². The number of nitriles is 2. The number of hydrogen-bond donors (Lipinski definition) is 0. The monoisotopic (exact) mass is 230 g/mol. The summed E-state index contributed by atoms with van der Waals surface area (Å²) in [5.74, 6) is 0.708. The molecule has 0 saturated heterocycles. The third-order valence-corrected chi connectivity index (χ3v) is 2.83. The lowest BCUT2D eigenvalue weighted by Gasteiger charge is -2.06. The number of ether oxygens (including phenoxy) is 1. The molecule has 1 aromatic carbocycles. The zero-order valence-corrected chi connectivity index (χ0v) is 9.84. The van der Waals surface area contributed by atoms with Crippen molar-refractivity contribution in [1.29, 1.82) is 10.5 Å². The van der Waals surface area contributed by atoms with Gasteiger partial charge in [-0.25, -0.2) is 0 Å². The predicted octanol–water partition coefficient (Wildman–Crippen LogP) is 2.82. The van der Waals surface area contributed by atoms with E-state index in [-0.39, 0.29) is 5.57 Å². The molecule has 0 bridgehead atoms. The summed E-state index contributed by atoms with van der Waals surface area (Å²) in [6.45, 7) is 0. The van der Waals surface area contributed by atoms with Gasteiger partial charge < -0.3 is 4.74 Å². The SMILES string of the molecule is COc1cccc(C(SC)=C(C#N)C#N)c1. The van der Waals surface area contributed by atoms with Crippen LogP contribution in [0.1, 0.15) is 5.56 Å². The second-order valence-electron chi connectivity index (χ2n) is 2.86. The summed E-state index contributed by atoms with van der Waals surface area (Å²) in [6, 6.07) is 11.1. The van der Waals surface area contributed by atoms with E-state index in [4.69, 9.17) is 15.3 Å². The average molecular weight is 230 g/mol. The van der Waals surface area contributed by atoms with Crippen LogP contribution in [0.25, 0.3) is 4.91 Å². The molecule has 3 nitrogen and oxygen atoms in total. The summed E-state index contributed by atoms with van der Waals surface area (Å²) in [4.78, 5) is 0.670. The molecule has 0 spiro atoms. The van der Waals surface area contributed by atoms with Crippen LogP contribution in [-0.2, 0) is 0 Å². The van der Waals surface area contributed by atoms with Crippen molar-refractivity contribution in [3.05, 3.63) is 35.4 Å². The second-order valence-corrected chi connectivity index (χ2v) is 3.68. The maximum absolute atomic E-state index is 8.84. The van der Waals surface area contributed by atoms with E-state index in [1.54, 1.807) is 13.2 Å². The molecule has 0 amide bonds. The van der Waals surface area contributed by atoms with Crippen LogP contribution < -0.4 is 4.74 Å². The molecule has 16 heavy (non-hydrogen) atoms. The standard InChI is InChI=1S/C12H10N2OS/c1-15-11-5-3-4-9(6-11)12(16-2)10(7-13)8-14/h3-6H,1-2H3. The van der Waals surface area contributed by atoms with Gasteiger partial charge in [-0.15, -0.1) is 11.8 Å². The predicted molar refractivity (Wildman–Crippen MR) is 64.7 cm³/mol. The Morgan fingerprint density at radius 2 is 2.00 bits per heavy atom. The highest BCUT2D eigenvalue weighted by atomic mass is 32.2. The van der Waals surface area contributed by atoms with Crippen molar-refractivity contribution in [3.63, 3.8) is 0 Å². The molecule has 0 aliphatic rings. The van der Waals surface area contributed by atoms with Crippen molar-refractivity contribution in [2.75, 3.05) is 13.4 Å². The Hall–Kier alpha value is -1.91. The Morgan fingerprint density at radius 1 is 1.31 bits per heavy atom. The molecule has 0 N–H and O–H groups in total. The minimum atomic E-state index is 0.126. The smallest absolute Gasteiger partial charge is 0.143 e. The lowest BCUT2D eigenvalue weighted by atomic mass is 10.1. The summed E-state index contributed by atoms with van der Waals surface area (Å²) in [5, 5.41) is 17.7. The molecule has 0 saturated carbocycles. The van der Waals surface area contributed by atoms with Crippen molar-refractivity contribution in [3.8, 4) is 17.9 Å². The Labute approximate surface area is 99.0 Å². The van der Waals surface area contributed by atoms with E-state index in [1.165, 1.54) is 11.8 Å². The molecule has 0 aliphatic heterocycles. The maximum atomic E-state index is 8.84. The van der Waals surface area contributed by atoms with Crippen LogP contribution in [0.3, 0.4) is 0 Å². The van der Waals surface area contributed by atoms with E-state index in [9.17, 15) is 0 Å². The van der Waals surface area contributed by atoms with Crippen molar-refractivity contribution >= 4 is 16.7 Å². The molecule has 1 rings (SSSR count). The van der Waals surface area contributed by atoms with Crippen LogP contribution in [0, 0.1) is 22.7 Å². The van der Waals surface area contributed by atoms with Crippen molar-refractivity contribution in [1.82, 2.24) is 0 Å². The number of thioether (sulfide) groups is 1. The Bertz CT molecular complexity index is 478. The number of hydrogen-bond acceptors (Lipinski definition) is 4. The molecule has 0 fully saturated rings. The molecule has 0 heterocycles. The molecule has 0 atom stereocenters. The zero-order valence-electron chi connectivity index (χ0n) is 9.02. The van der Waals surface area contributed by atoms with Gasteiger partial charge in [0.15, 0.2) is 0 Å². The highest BCUT2D eigenvalue weighted by molar-refractivity contribution is 8.07. The Balaban J connectivity index is 3.31. The van der Waals surface area contributed by atoms with Crippen molar-refractivity contribution < 1.29 is 4.74 Å². The van der Waals surface area contributed by atoms with Gasteiger partial charge in [0.2, 0.25) is 0 Å². The summed E-state index contributed by atoms with van der Waals surface area (Å²) in [6.07, 6.45) is 1.84. The van der Waals surface area contributed by atoms with Gasteiger partial charge in [-0.1, -0.05) is 12.1 Å². The molecule has 0 unspecified atom stereocenters. The van der Waals surface area contributed by atoms with E-state index in [0.717, 1.165) is 5.56 Å². The number of methoxy groups -OCH3 is 1. The third kappa shape index (κ3) is 2.56. The van der Waals surface area contributed by atoms with Gasteiger partial charge >= 0.3 is 0 Å². The zero-order chi connectivity index (χ0) is 12.0. The molecule has 80 valence electrons. The molecule has 0 aliphatic carbocycles. The van der Waals surface area contributed by atoms with Gasteiger partial charge in [-0.05, 0) is 24.0 Å². The van der Waals surface area contributed by atoms with E-state index < -0.39 is 0 Å². The third-order valence-electron chi connectivity index (χ3n) is 1.99. The van der Waals surface area contributed by atoms with E-state index >= 15 is 0 Å². The Kier molecular flexibility index (Phi) is 4.44. The normalized spacial score (nSPS) is 8.75. The first-order valence-electron chi connectivity index (χ1n) is 4.49. The van der Waals surface area contributed by atoms with Crippen LogP contribution in [0.15, 0.2) is 29.8 Å². The fourth-order valence-corrected chi connectivity index (χ4v) is 1.91. The van der Waals surface area contributed by atoms with Gasteiger partial charge in [0.1, 0.15) is 23.5 Å². The summed E-state index contributed by atoms with van der Waals surface area (Å²) in [5.41, 5.74) is 0.950. The highest BCUT2D eigenvalue weighted by Gasteiger charge is 2.08. The lowest BCUT2D eigenvalue weighted by molar-refractivity contribution is 0.414. The first kappa shape index (κ1) is 12.2. The number of benzene rings is 1. The summed E-state index contributed by atoms with van der Waals surface area (Å²) >= 11 is 1.38. The van der Waals surface area contributed by atoms with Crippen LogP contribution in [0.4, 0.5) is 0 Å². The Morgan fingerprint density at radius 3 is 2.50 bits per heavy atom. The van der Waals surface area contributed by atoms with E-state index in [0.29, 0.717) is 10.7 Å².